The molecule has 1 heterocycles. The summed E-state index contributed by atoms with van der Waals surface area (Å²) in [6.07, 6.45) is -0.849. The second kappa shape index (κ2) is 8.69. The van der Waals surface area contributed by atoms with E-state index >= 15 is 0 Å². The summed E-state index contributed by atoms with van der Waals surface area (Å²) in [6.45, 7) is 2.79. The van der Waals surface area contributed by atoms with Gasteiger partial charge in [-0.3, -0.25) is 0 Å². The number of aliphatic hydroxyl groups excluding tert-OH is 1. The van der Waals surface area contributed by atoms with Gasteiger partial charge in [-0.15, -0.1) is 0 Å². The first-order valence-corrected chi connectivity index (χ1v) is 9.19. The van der Waals surface area contributed by atoms with Crippen molar-refractivity contribution in [3.8, 4) is 0 Å². The number of rotatable bonds is 5. The zero-order valence-corrected chi connectivity index (χ0v) is 16.5. The van der Waals surface area contributed by atoms with Gasteiger partial charge in [0, 0.05) is 13.8 Å². The zero-order valence-electron chi connectivity index (χ0n) is 16.5. The van der Waals surface area contributed by atoms with Gasteiger partial charge in [-0.05, 0) is 11.1 Å². The third-order valence-corrected chi connectivity index (χ3v) is 4.22. The highest BCUT2D eigenvalue weighted by Gasteiger charge is 2.42. The van der Waals surface area contributed by atoms with Crippen molar-refractivity contribution in [2.24, 2.45) is 0 Å². The molecule has 1 fully saturated rings. The molecule has 0 aromatic heterocycles. The molecule has 0 radical (unpaired) electrons. The summed E-state index contributed by atoms with van der Waals surface area (Å²) >= 11 is 0. The molecule has 1 saturated heterocycles. The third-order valence-electron chi connectivity index (χ3n) is 4.22. The monoisotopic (exact) mass is 411 g/mol. The van der Waals surface area contributed by atoms with Crippen molar-refractivity contribution in [1.29, 1.82) is 0 Å². The van der Waals surface area contributed by atoms with Crippen LogP contribution in [0.5, 0.6) is 0 Å². The summed E-state index contributed by atoms with van der Waals surface area (Å²) in [5.41, 5.74) is 0.504. The number of hydrogen-bond donors (Lipinski definition) is 2. The number of aliphatic hydroxyl groups is 1. The van der Waals surface area contributed by atoms with Crippen LogP contribution in [-0.2, 0) is 30.4 Å². The van der Waals surface area contributed by atoms with Gasteiger partial charge in [-0.1, -0.05) is 60.7 Å². The number of ether oxygens (including phenoxy) is 3. The van der Waals surface area contributed by atoms with Crippen LogP contribution >= 0.6 is 0 Å². The Bertz CT molecular complexity index is 945. The van der Waals surface area contributed by atoms with Gasteiger partial charge in [0.1, 0.15) is 18.4 Å². The van der Waals surface area contributed by atoms with Crippen LogP contribution in [0.2, 0.25) is 0 Å². The Hall–Kier alpha value is -3.81. The fourth-order valence-corrected chi connectivity index (χ4v) is 2.84. The minimum atomic E-state index is -1.46. The second-order valence-electron chi connectivity index (χ2n) is 6.99. The van der Waals surface area contributed by atoms with Crippen LogP contribution in [0.4, 0.5) is 4.79 Å². The Morgan fingerprint density at radius 1 is 1.00 bits per heavy atom. The van der Waals surface area contributed by atoms with Crippen LogP contribution in [0.3, 0.4) is 0 Å². The van der Waals surface area contributed by atoms with Gasteiger partial charge in [-0.2, -0.15) is 0 Å². The molecule has 0 bridgehead atoms. The van der Waals surface area contributed by atoms with E-state index in [-0.39, 0.29) is 6.61 Å². The van der Waals surface area contributed by atoms with Crippen molar-refractivity contribution in [3.05, 3.63) is 83.1 Å². The summed E-state index contributed by atoms with van der Waals surface area (Å²) < 4.78 is 15.2. The lowest BCUT2D eigenvalue weighted by Crippen LogP contribution is -2.43. The van der Waals surface area contributed by atoms with Crippen molar-refractivity contribution in [2.45, 2.75) is 32.3 Å². The van der Waals surface area contributed by atoms with Crippen molar-refractivity contribution >= 4 is 18.0 Å². The van der Waals surface area contributed by atoms with Crippen LogP contribution in [0.1, 0.15) is 31.0 Å². The van der Waals surface area contributed by atoms with Crippen LogP contribution in [0.25, 0.3) is 0 Å². The molecular weight excluding hydrogens is 390 g/mol. The molecule has 2 aromatic carbocycles. The van der Waals surface area contributed by atoms with Crippen LogP contribution in [0.15, 0.2) is 72.0 Å². The first kappa shape index (κ1) is 20.9. The standard InChI is InChI=1S/C22H21NO7/c1-22(2)29-19(25)16(20(26)30-22)18(24)17(15-11-7-4-8-12-15)23-21(27)28-13-14-9-5-3-6-10-14/h3-12,17,24H,13H2,1-2H3,(H,23,27). The molecule has 1 unspecified atom stereocenters. The molecule has 3 rings (SSSR count). The van der Waals surface area contributed by atoms with Gasteiger partial charge < -0.3 is 24.6 Å². The topological polar surface area (TPSA) is 111 Å². The zero-order chi connectivity index (χ0) is 21.7. The largest absolute Gasteiger partial charge is 0.509 e. The number of amides is 1. The number of benzene rings is 2. The summed E-state index contributed by atoms with van der Waals surface area (Å²) in [5.74, 6) is -4.26. The predicted octanol–water partition coefficient (Wildman–Crippen LogP) is 3.30. The summed E-state index contributed by atoms with van der Waals surface area (Å²) in [7, 11) is 0. The Kier molecular flexibility index (Phi) is 6.06. The number of hydrogen-bond acceptors (Lipinski definition) is 7. The maximum absolute atomic E-state index is 12.4. The fourth-order valence-electron chi connectivity index (χ4n) is 2.84. The Morgan fingerprint density at radius 3 is 2.10 bits per heavy atom. The number of carbonyl (C=O) groups excluding carboxylic acids is 3. The molecule has 1 aliphatic rings. The van der Waals surface area contributed by atoms with E-state index in [0.29, 0.717) is 5.56 Å². The van der Waals surface area contributed by atoms with Crippen LogP contribution < -0.4 is 5.32 Å². The SMILES string of the molecule is CC1(C)OC(=O)C(=C(O)C(NC(=O)OCc2ccccc2)c2ccccc2)C(=O)O1. The van der Waals surface area contributed by atoms with E-state index in [1.807, 2.05) is 6.07 Å². The average molecular weight is 411 g/mol. The molecule has 0 aliphatic carbocycles. The van der Waals surface area contributed by atoms with Crippen LogP contribution in [0, 0.1) is 0 Å². The molecule has 1 aliphatic heterocycles. The summed E-state index contributed by atoms with van der Waals surface area (Å²) in [4.78, 5) is 37.0. The third kappa shape index (κ3) is 4.96. The lowest BCUT2D eigenvalue weighted by molar-refractivity contribution is -0.222. The van der Waals surface area contributed by atoms with Gasteiger partial charge >= 0.3 is 18.0 Å². The number of nitrogens with one attached hydrogen (secondary N) is 1. The van der Waals surface area contributed by atoms with E-state index < -0.39 is 41.2 Å². The summed E-state index contributed by atoms with van der Waals surface area (Å²) in [6, 6.07) is 16.1. The maximum atomic E-state index is 12.4. The van der Waals surface area contributed by atoms with E-state index in [4.69, 9.17) is 14.2 Å². The lowest BCUT2D eigenvalue weighted by atomic mass is 10.0. The van der Waals surface area contributed by atoms with Crippen molar-refractivity contribution in [2.75, 3.05) is 0 Å². The van der Waals surface area contributed by atoms with Gasteiger partial charge in [0.05, 0.1) is 0 Å². The van der Waals surface area contributed by atoms with Crippen molar-refractivity contribution in [1.82, 2.24) is 5.32 Å². The normalized spacial score (nSPS) is 16.1. The lowest BCUT2D eigenvalue weighted by Gasteiger charge is -2.31. The molecule has 30 heavy (non-hydrogen) atoms. The molecule has 2 N–H and O–H groups in total. The highest BCUT2D eigenvalue weighted by atomic mass is 16.7. The van der Waals surface area contributed by atoms with Gasteiger partial charge in [0.15, 0.2) is 5.57 Å². The van der Waals surface area contributed by atoms with Crippen molar-refractivity contribution < 1.29 is 33.7 Å². The van der Waals surface area contributed by atoms with Gasteiger partial charge in [0.2, 0.25) is 0 Å². The number of carbonyl (C=O) groups is 3. The molecule has 8 nitrogen and oxygen atoms in total. The molecule has 1 amide bonds. The fraction of sp³-hybridized carbons (Fsp3) is 0.227. The van der Waals surface area contributed by atoms with E-state index in [0.717, 1.165) is 5.56 Å². The molecule has 156 valence electrons. The first-order chi connectivity index (χ1) is 14.3. The average Bonchev–Trinajstić information content (AvgIpc) is 2.70. The predicted molar refractivity (Wildman–Crippen MR) is 105 cm³/mol. The van der Waals surface area contributed by atoms with E-state index in [1.165, 1.54) is 13.8 Å². The Morgan fingerprint density at radius 2 is 1.53 bits per heavy atom. The Balaban J connectivity index is 1.85. The Labute approximate surface area is 173 Å². The number of cyclic esters (lactones) is 2. The number of esters is 2. The molecular formula is C22H21NO7. The van der Waals surface area contributed by atoms with E-state index in [2.05, 4.69) is 5.32 Å². The minimum absolute atomic E-state index is 0.00376. The summed E-state index contributed by atoms with van der Waals surface area (Å²) in [5, 5.41) is 13.2. The molecule has 0 spiro atoms. The highest BCUT2D eigenvalue weighted by molar-refractivity contribution is 6.15. The quantitative estimate of drug-likeness (QED) is 0.336. The van der Waals surface area contributed by atoms with Gasteiger partial charge in [-0.25, -0.2) is 14.4 Å². The molecule has 0 saturated carbocycles. The second-order valence-corrected chi connectivity index (χ2v) is 6.99. The van der Waals surface area contributed by atoms with Crippen LogP contribution in [-0.4, -0.2) is 28.9 Å². The molecule has 1 atom stereocenters. The number of alkyl carbamates (subject to hydrolysis) is 1. The van der Waals surface area contributed by atoms with E-state index in [1.54, 1.807) is 54.6 Å². The van der Waals surface area contributed by atoms with Gasteiger partial charge in [0.25, 0.3) is 5.79 Å². The maximum Gasteiger partial charge on any atom is 0.408 e. The minimum Gasteiger partial charge on any atom is -0.509 e. The van der Waals surface area contributed by atoms with E-state index in [9.17, 15) is 19.5 Å². The van der Waals surface area contributed by atoms with Crippen molar-refractivity contribution in [3.63, 3.8) is 0 Å². The highest BCUT2D eigenvalue weighted by Crippen LogP contribution is 2.29. The molecule has 2 aromatic rings. The first-order valence-electron chi connectivity index (χ1n) is 9.19. The smallest absolute Gasteiger partial charge is 0.408 e. The molecule has 8 heteroatoms.